The number of carboxylic acids is 1. The van der Waals surface area contributed by atoms with Crippen molar-refractivity contribution in [3.8, 4) is 0 Å². The van der Waals surface area contributed by atoms with Crippen molar-refractivity contribution >= 4 is 17.6 Å². The van der Waals surface area contributed by atoms with Crippen molar-refractivity contribution in [2.75, 3.05) is 31.1 Å². The first kappa shape index (κ1) is 15.4. The molecule has 5 heteroatoms. The zero-order valence-electron chi connectivity index (χ0n) is 12.5. The van der Waals surface area contributed by atoms with Crippen LogP contribution in [0, 0.1) is 0 Å². The lowest BCUT2D eigenvalue weighted by molar-refractivity contribution is -0.304. The predicted molar refractivity (Wildman–Crippen MR) is 78.9 cm³/mol. The number of aliphatic carboxylic acids is 1. The fourth-order valence-electron chi connectivity index (χ4n) is 2.52. The third-order valence-electron chi connectivity index (χ3n) is 3.85. The molecular weight excluding hydrogens is 268 g/mol. The van der Waals surface area contributed by atoms with Crippen molar-refractivity contribution in [3.05, 3.63) is 29.8 Å². The number of piperazine rings is 1. The van der Waals surface area contributed by atoms with Crippen molar-refractivity contribution in [2.45, 2.75) is 26.2 Å². The van der Waals surface area contributed by atoms with E-state index in [9.17, 15) is 14.7 Å². The zero-order valence-corrected chi connectivity index (χ0v) is 12.5. The van der Waals surface area contributed by atoms with Crippen LogP contribution in [0.4, 0.5) is 5.69 Å². The summed E-state index contributed by atoms with van der Waals surface area (Å²) in [5.41, 5.74) is 2.45. The number of anilines is 1. The van der Waals surface area contributed by atoms with Crippen LogP contribution < -0.4 is 10.0 Å². The van der Waals surface area contributed by atoms with Crippen molar-refractivity contribution in [1.82, 2.24) is 4.90 Å². The van der Waals surface area contributed by atoms with Gasteiger partial charge in [0.15, 0.2) is 0 Å². The number of benzene rings is 1. The highest BCUT2D eigenvalue weighted by Gasteiger charge is 2.21. The third-order valence-corrected chi connectivity index (χ3v) is 3.85. The lowest BCUT2D eigenvalue weighted by Gasteiger charge is -2.36. The predicted octanol–water partition coefficient (Wildman–Crippen LogP) is 0.599. The van der Waals surface area contributed by atoms with Crippen LogP contribution in [0.25, 0.3) is 0 Å². The van der Waals surface area contributed by atoms with E-state index in [4.69, 9.17) is 0 Å². The molecule has 0 unspecified atom stereocenters. The lowest BCUT2D eigenvalue weighted by atomic mass is 10.0. The van der Waals surface area contributed by atoms with E-state index < -0.39 is 12.4 Å². The van der Waals surface area contributed by atoms with E-state index in [-0.39, 0.29) is 5.91 Å². The molecule has 0 N–H and O–H groups in total. The van der Waals surface area contributed by atoms with Crippen LogP contribution in [0.1, 0.15) is 31.7 Å². The van der Waals surface area contributed by atoms with Gasteiger partial charge in [-0.1, -0.05) is 26.0 Å². The van der Waals surface area contributed by atoms with Crippen molar-refractivity contribution < 1.29 is 14.7 Å². The van der Waals surface area contributed by atoms with Gasteiger partial charge in [0.1, 0.15) is 0 Å². The van der Waals surface area contributed by atoms with Crippen LogP contribution in [-0.2, 0) is 9.59 Å². The van der Waals surface area contributed by atoms with Gasteiger partial charge in [0, 0.05) is 31.9 Å². The number of amides is 1. The Morgan fingerprint density at radius 1 is 1.10 bits per heavy atom. The molecule has 1 heterocycles. The second-order valence-electron chi connectivity index (χ2n) is 5.66. The van der Waals surface area contributed by atoms with Gasteiger partial charge < -0.3 is 19.7 Å². The second-order valence-corrected chi connectivity index (χ2v) is 5.66. The molecule has 0 aliphatic carbocycles. The Labute approximate surface area is 125 Å². The second kappa shape index (κ2) is 6.61. The summed E-state index contributed by atoms with van der Waals surface area (Å²) in [6.45, 7) is 6.88. The van der Waals surface area contributed by atoms with Gasteiger partial charge >= 0.3 is 0 Å². The molecule has 1 aromatic carbocycles. The van der Waals surface area contributed by atoms with Crippen LogP contribution in [0.3, 0.4) is 0 Å². The average Bonchev–Trinajstić information content (AvgIpc) is 2.47. The maximum absolute atomic E-state index is 11.7. The zero-order chi connectivity index (χ0) is 15.4. The van der Waals surface area contributed by atoms with Crippen molar-refractivity contribution in [3.63, 3.8) is 0 Å². The Morgan fingerprint density at radius 3 is 2.14 bits per heavy atom. The minimum absolute atomic E-state index is 0.357. The Balaban J connectivity index is 1.91. The van der Waals surface area contributed by atoms with Crippen LogP contribution in [-0.4, -0.2) is 43.0 Å². The summed E-state index contributed by atoms with van der Waals surface area (Å²) in [4.78, 5) is 25.9. The topological polar surface area (TPSA) is 63.7 Å². The number of rotatable bonds is 4. The fraction of sp³-hybridized carbons (Fsp3) is 0.500. The molecule has 1 amide bonds. The standard InChI is InChI=1S/C16H22N2O3/c1-12(2)13-3-5-14(6-4-13)17-7-9-18(10-8-17)15(19)11-16(20)21/h3-6,12H,7-11H2,1-2H3,(H,20,21)/p-1. The molecule has 1 aliphatic rings. The van der Waals surface area contributed by atoms with Gasteiger partial charge in [-0.2, -0.15) is 0 Å². The molecule has 0 radical (unpaired) electrons. The first-order chi connectivity index (χ1) is 9.97. The summed E-state index contributed by atoms with van der Waals surface area (Å²) in [5.74, 6) is -1.16. The smallest absolute Gasteiger partial charge is 0.228 e. The first-order valence-electron chi connectivity index (χ1n) is 7.30. The van der Waals surface area contributed by atoms with E-state index in [1.165, 1.54) is 5.56 Å². The summed E-state index contributed by atoms with van der Waals surface area (Å²) in [7, 11) is 0. The van der Waals surface area contributed by atoms with Crippen LogP contribution in [0.5, 0.6) is 0 Å². The van der Waals surface area contributed by atoms with Crippen LogP contribution in [0.15, 0.2) is 24.3 Å². The Hall–Kier alpha value is -2.04. The summed E-state index contributed by atoms with van der Waals surface area (Å²) >= 11 is 0. The minimum atomic E-state index is -1.31. The maximum Gasteiger partial charge on any atom is 0.228 e. The van der Waals surface area contributed by atoms with Gasteiger partial charge in [-0.3, -0.25) is 4.79 Å². The van der Waals surface area contributed by atoms with E-state index in [1.807, 2.05) is 0 Å². The lowest BCUT2D eigenvalue weighted by Crippen LogP contribution is -2.49. The molecule has 1 fully saturated rings. The van der Waals surface area contributed by atoms with E-state index in [2.05, 4.69) is 43.0 Å². The first-order valence-corrected chi connectivity index (χ1v) is 7.30. The molecule has 2 rings (SSSR count). The van der Waals surface area contributed by atoms with Gasteiger partial charge in [-0.25, -0.2) is 0 Å². The fourth-order valence-corrected chi connectivity index (χ4v) is 2.52. The molecule has 5 nitrogen and oxygen atoms in total. The number of hydrogen-bond acceptors (Lipinski definition) is 4. The number of carbonyl (C=O) groups is 2. The quantitative estimate of drug-likeness (QED) is 0.761. The van der Waals surface area contributed by atoms with Crippen molar-refractivity contribution in [1.29, 1.82) is 0 Å². The van der Waals surface area contributed by atoms with Gasteiger partial charge in [-0.15, -0.1) is 0 Å². The highest BCUT2D eigenvalue weighted by molar-refractivity contribution is 5.92. The molecule has 1 saturated heterocycles. The maximum atomic E-state index is 11.7. The molecule has 114 valence electrons. The summed E-state index contributed by atoms with van der Waals surface area (Å²) < 4.78 is 0. The largest absolute Gasteiger partial charge is 0.550 e. The van der Waals surface area contributed by atoms with Gasteiger partial charge in [0.2, 0.25) is 5.91 Å². The number of carbonyl (C=O) groups excluding carboxylic acids is 2. The molecule has 0 bridgehead atoms. The van der Waals surface area contributed by atoms with E-state index >= 15 is 0 Å². The molecule has 0 atom stereocenters. The molecule has 0 aromatic heterocycles. The van der Waals surface area contributed by atoms with Gasteiger partial charge in [-0.05, 0) is 23.6 Å². The Bertz CT molecular complexity index is 503. The molecular formula is C16H21N2O3-. The molecule has 21 heavy (non-hydrogen) atoms. The minimum Gasteiger partial charge on any atom is -0.550 e. The highest BCUT2D eigenvalue weighted by Crippen LogP contribution is 2.21. The third kappa shape index (κ3) is 3.97. The number of carboxylic acid groups (broad SMARTS) is 1. The number of hydrogen-bond donors (Lipinski definition) is 0. The Morgan fingerprint density at radius 2 is 1.67 bits per heavy atom. The summed E-state index contributed by atoms with van der Waals surface area (Å²) in [5, 5.41) is 10.5. The van der Waals surface area contributed by atoms with Gasteiger partial charge in [0.05, 0.1) is 12.4 Å². The molecule has 0 spiro atoms. The summed E-state index contributed by atoms with van der Waals surface area (Å²) in [6, 6.07) is 8.48. The van der Waals surface area contributed by atoms with E-state index in [0.717, 1.165) is 18.8 Å². The van der Waals surface area contributed by atoms with Gasteiger partial charge in [0.25, 0.3) is 0 Å². The van der Waals surface area contributed by atoms with Crippen LogP contribution in [0.2, 0.25) is 0 Å². The van der Waals surface area contributed by atoms with Crippen molar-refractivity contribution in [2.24, 2.45) is 0 Å². The molecule has 0 saturated carbocycles. The monoisotopic (exact) mass is 289 g/mol. The summed E-state index contributed by atoms with van der Waals surface area (Å²) in [6.07, 6.45) is -0.525. The molecule has 1 aliphatic heterocycles. The normalized spacial score (nSPS) is 15.4. The van der Waals surface area contributed by atoms with Crippen LogP contribution >= 0.6 is 0 Å². The van der Waals surface area contributed by atoms with E-state index in [0.29, 0.717) is 19.0 Å². The Kier molecular flexibility index (Phi) is 4.83. The number of nitrogens with zero attached hydrogens (tertiary/aromatic N) is 2. The van der Waals surface area contributed by atoms with E-state index in [1.54, 1.807) is 4.90 Å². The highest BCUT2D eigenvalue weighted by atomic mass is 16.4. The average molecular weight is 289 g/mol. The molecule has 1 aromatic rings. The SMILES string of the molecule is CC(C)c1ccc(N2CCN(C(=O)CC(=O)[O-])CC2)cc1.